The second-order valence-electron chi connectivity index (χ2n) is 5.87. The number of rotatable bonds is 10. The maximum absolute atomic E-state index is 2.42. The van der Waals surface area contributed by atoms with Crippen molar-refractivity contribution in [3.05, 3.63) is 18.2 Å². The Bertz CT molecular complexity index is 170. The van der Waals surface area contributed by atoms with Crippen molar-refractivity contribution < 1.29 is 51.4 Å². The van der Waals surface area contributed by atoms with Gasteiger partial charge in [-0.05, 0) is 18.9 Å². The maximum atomic E-state index is 2.42. The minimum atomic E-state index is -0.959. The van der Waals surface area contributed by atoms with Crippen molar-refractivity contribution in [2.45, 2.75) is 77.9 Å². The maximum Gasteiger partial charge on any atom is 1.00 e. The van der Waals surface area contributed by atoms with Gasteiger partial charge in [-0.3, -0.25) is 0 Å². The third kappa shape index (κ3) is 20.1. The van der Waals surface area contributed by atoms with Crippen molar-refractivity contribution >= 4 is 8.07 Å². The van der Waals surface area contributed by atoms with Crippen LogP contribution in [0.15, 0.2) is 12.2 Å². The second kappa shape index (κ2) is 14.0. The molecule has 0 rings (SSSR count). The number of hydrogen-bond acceptors (Lipinski definition) is 0. The molecule has 0 N–H and O–H groups in total. The Morgan fingerprint density at radius 3 is 1.88 bits per heavy atom. The monoisotopic (exact) mass is 278 g/mol. The molecule has 0 nitrogen and oxygen atoms in total. The molecule has 95 valence electrons. The molecule has 1 radical (unpaired) electrons. The van der Waals surface area contributed by atoms with E-state index in [1.54, 1.807) is 0 Å². The summed E-state index contributed by atoms with van der Waals surface area (Å²) in [5, 5.41) is 0. The molecule has 0 aliphatic heterocycles. The fourth-order valence-corrected chi connectivity index (χ4v) is 2.39. The van der Waals surface area contributed by atoms with Crippen LogP contribution in [0.4, 0.5) is 0 Å². The van der Waals surface area contributed by atoms with E-state index in [0.29, 0.717) is 0 Å². The molecular weight excluding hydrogens is 247 g/mol. The smallest absolute Gasteiger partial charge is 0.0885 e. The number of hydrogen-bond donors (Lipinski definition) is 0. The fourth-order valence-electron chi connectivity index (χ4n) is 1.67. The third-order valence-electron chi connectivity index (χ3n) is 2.71. The number of allylic oxidation sites excluding steroid dienone is 2. The van der Waals surface area contributed by atoms with Gasteiger partial charge in [0, 0.05) is 0 Å². The Hall–Kier alpha value is 1.59. The summed E-state index contributed by atoms with van der Waals surface area (Å²) in [5.41, 5.74) is 0. The summed E-state index contributed by atoms with van der Waals surface area (Å²) < 4.78 is 0. The third-order valence-corrected chi connectivity index (χ3v) is 3.90. The van der Waals surface area contributed by atoms with E-state index in [1.165, 1.54) is 51.4 Å². The summed E-state index contributed by atoms with van der Waals surface area (Å²) in [6.07, 6.45) is 15.8. The normalized spacial score (nSPS) is 11.8. The van der Waals surface area contributed by atoms with E-state index < -0.39 is 8.07 Å². The summed E-state index contributed by atoms with van der Waals surface area (Å²) in [4.78, 5) is 0. The van der Waals surface area contributed by atoms with Crippen molar-refractivity contribution in [1.29, 1.82) is 0 Å². The Morgan fingerprint density at radius 2 is 1.35 bits per heavy atom. The van der Waals surface area contributed by atoms with E-state index in [-0.39, 0.29) is 51.4 Å². The van der Waals surface area contributed by atoms with Crippen LogP contribution in [-0.2, 0) is 0 Å². The SMILES string of the molecule is CCCCCCCCC/C=C/[CH][Si](C)(C)C.[K+]. The predicted octanol–water partition coefficient (Wildman–Crippen LogP) is 2.77. The molecule has 0 saturated carbocycles. The van der Waals surface area contributed by atoms with E-state index >= 15 is 0 Å². The molecule has 0 aliphatic rings. The first-order chi connectivity index (χ1) is 7.56. The van der Waals surface area contributed by atoms with E-state index in [0.717, 1.165) is 0 Å². The standard InChI is InChI=1S/C15H31Si.K/c1-5-6-7-8-9-10-11-12-13-14-15-16(2,3)4;/h13-15H,5-12H2,1-4H3;/q;+1/b14-13+;. The van der Waals surface area contributed by atoms with Gasteiger partial charge in [0.15, 0.2) is 0 Å². The van der Waals surface area contributed by atoms with Crippen LogP contribution in [0.25, 0.3) is 0 Å². The molecule has 0 aromatic rings. The molecule has 0 fully saturated rings. The quantitative estimate of drug-likeness (QED) is 0.426. The Balaban J connectivity index is 0. The largest absolute Gasteiger partial charge is 1.00 e. The Morgan fingerprint density at radius 1 is 0.824 bits per heavy atom. The van der Waals surface area contributed by atoms with E-state index in [9.17, 15) is 0 Å². The molecule has 17 heavy (non-hydrogen) atoms. The first-order valence-corrected chi connectivity index (χ1v) is 10.6. The average Bonchev–Trinajstić information content (AvgIpc) is 2.19. The van der Waals surface area contributed by atoms with Gasteiger partial charge >= 0.3 is 51.4 Å². The van der Waals surface area contributed by atoms with Gasteiger partial charge in [0.05, 0.1) is 8.07 Å². The summed E-state index contributed by atoms with van der Waals surface area (Å²) in [6.45, 7) is 9.42. The van der Waals surface area contributed by atoms with Crippen molar-refractivity contribution in [2.75, 3.05) is 0 Å². The summed E-state index contributed by atoms with van der Waals surface area (Å²) in [6, 6.07) is 2.42. The molecule has 0 aliphatic carbocycles. The number of unbranched alkanes of at least 4 members (excludes halogenated alkanes) is 7. The molecule has 0 unspecified atom stereocenters. The first kappa shape index (κ1) is 20.9. The summed E-state index contributed by atoms with van der Waals surface area (Å²) >= 11 is 0. The van der Waals surface area contributed by atoms with E-state index in [2.05, 4.69) is 44.8 Å². The zero-order valence-corrected chi connectivity index (χ0v) is 17.0. The Labute approximate surface area is 153 Å². The van der Waals surface area contributed by atoms with E-state index in [4.69, 9.17) is 0 Å². The van der Waals surface area contributed by atoms with Gasteiger partial charge in [0.25, 0.3) is 0 Å². The molecule has 0 aromatic carbocycles. The molecule has 0 aromatic heterocycles. The van der Waals surface area contributed by atoms with Crippen LogP contribution in [0, 0.1) is 6.04 Å². The van der Waals surface area contributed by atoms with Gasteiger partial charge in [-0.1, -0.05) is 77.2 Å². The predicted molar refractivity (Wildman–Crippen MR) is 79.4 cm³/mol. The zero-order chi connectivity index (χ0) is 12.3. The average molecular weight is 279 g/mol. The van der Waals surface area contributed by atoms with Gasteiger partial charge in [-0.15, -0.1) is 0 Å². The molecule has 0 amide bonds. The van der Waals surface area contributed by atoms with Gasteiger partial charge < -0.3 is 0 Å². The molecule has 0 atom stereocenters. The molecule has 0 spiro atoms. The summed E-state index contributed by atoms with van der Waals surface area (Å²) in [7, 11) is -0.959. The summed E-state index contributed by atoms with van der Waals surface area (Å²) in [5.74, 6) is 0. The van der Waals surface area contributed by atoms with Crippen molar-refractivity contribution in [1.82, 2.24) is 0 Å². The van der Waals surface area contributed by atoms with Crippen molar-refractivity contribution in [3.8, 4) is 0 Å². The van der Waals surface area contributed by atoms with E-state index in [1.807, 2.05) is 0 Å². The molecule has 0 bridgehead atoms. The van der Waals surface area contributed by atoms with Crippen molar-refractivity contribution in [3.63, 3.8) is 0 Å². The minimum Gasteiger partial charge on any atom is -0.0885 e. The fraction of sp³-hybridized carbons (Fsp3) is 0.800. The van der Waals surface area contributed by atoms with Crippen LogP contribution in [0.2, 0.25) is 19.6 Å². The van der Waals surface area contributed by atoms with Crippen LogP contribution in [-0.4, -0.2) is 8.07 Å². The minimum absolute atomic E-state index is 0. The van der Waals surface area contributed by atoms with Crippen LogP contribution in [0.5, 0.6) is 0 Å². The van der Waals surface area contributed by atoms with Crippen LogP contribution >= 0.6 is 0 Å². The van der Waals surface area contributed by atoms with Crippen LogP contribution in [0.1, 0.15) is 58.3 Å². The van der Waals surface area contributed by atoms with Crippen molar-refractivity contribution in [2.24, 2.45) is 0 Å². The van der Waals surface area contributed by atoms with Gasteiger partial charge in [-0.25, -0.2) is 0 Å². The molecule has 0 saturated heterocycles. The van der Waals surface area contributed by atoms with Gasteiger partial charge in [-0.2, -0.15) is 0 Å². The Kier molecular flexibility index (Phi) is 17.2. The van der Waals surface area contributed by atoms with Crippen LogP contribution in [0.3, 0.4) is 0 Å². The second-order valence-corrected chi connectivity index (χ2v) is 10.9. The van der Waals surface area contributed by atoms with Gasteiger partial charge in [0.1, 0.15) is 0 Å². The first-order valence-electron chi connectivity index (χ1n) is 7.07. The van der Waals surface area contributed by atoms with Gasteiger partial charge in [0.2, 0.25) is 0 Å². The van der Waals surface area contributed by atoms with Crippen LogP contribution < -0.4 is 51.4 Å². The molecule has 2 heteroatoms. The topological polar surface area (TPSA) is 0 Å². The molecule has 0 heterocycles. The zero-order valence-electron chi connectivity index (χ0n) is 12.9. The molecular formula is C15H31KSi+.